The van der Waals surface area contributed by atoms with Gasteiger partial charge in [0.1, 0.15) is 0 Å². The van der Waals surface area contributed by atoms with Crippen LogP contribution in [0.15, 0.2) is 51.7 Å². The van der Waals surface area contributed by atoms with Gasteiger partial charge in [0.15, 0.2) is 17.2 Å². The molecule has 3 heterocycles. The summed E-state index contributed by atoms with van der Waals surface area (Å²) in [6.45, 7) is 2.27. The molecular formula is C24H24F2N4O4. The number of hydrogen-bond acceptors (Lipinski definition) is 5. The number of hydrogen-bond donors (Lipinski definition) is 0. The summed E-state index contributed by atoms with van der Waals surface area (Å²) in [4.78, 5) is 42.6. The fraction of sp³-hybridized carbons (Fsp3) is 0.375. The number of halogens is 2. The second-order valence-electron chi connectivity index (χ2n) is 8.71. The Kier molecular flexibility index (Phi) is 5.80. The third-order valence-corrected chi connectivity index (χ3v) is 6.56. The van der Waals surface area contributed by atoms with Crippen LogP contribution in [0.3, 0.4) is 0 Å². The van der Waals surface area contributed by atoms with E-state index in [1.54, 1.807) is 23.1 Å². The molecule has 0 bridgehead atoms. The summed E-state index contributed by atoms with van der Waals surface area (Å²) < 4.78 is 33.6. The number of para-hydroxylation sites is 2. The van der Waals surface area contributed by atoms with E-state index in [0.29, 0.717) is 36.4 Å². The second kappa shape index (κ2) is 8.92. The Morgan fingerprint density at radius 3 is 2.62 bits per heavy atom. The minimum atomic E-state index is -0.900. The van der Waals surface area contributed by atoms with Crippen molar-refractivity contribution in [3.8, 4) is 0 Å². The highest BCUT2D eigenvalue weighted by Gasteiger charge is 2.35. The molecule has 3 aromatic rings. The maximum atomic E-state index is 13.6. The molecule has 1 unspecified atom stereocenters. The fourth-order valence-corrected chi connectivity index (χ4v) is 4.73. The molecule has 0 saturated carbocycles. The fourth-order valence-electron chi connectivity index (χ4n) is 4.73. The lowest BCUT2D eigenvalue weighted by molar-refractivity contribution is -0.131. The first-order valence-electron chi connectivity index (χ1n) is 11.3. The van der Waals surface area contributed by atoms with Crippen molar-refractivity contribution in [3.63, 3.8) is 0 Å². The lowest BCUT2D eigenvalue weighted by Crippen LogP contribution is -2.54. The zero-order valence-electron chi connectivity index (χ0n) is 18.5. The quantitative estimate of drug-likeness (QED) is 0.553. The third kappa shape index (κ3) is 4.15. The number of fused-ring (bicyclic) bond motifs is 1. The number of amides is 3. The topological polar surface area (TPSA) is 79.0 Å². The molecule has 0 N–H and O–H groups in total. The number of benzene rings is 2. The van der Waals surface area contributed by atoms with Crippen LogP contribution >= 0.6 is 0 Å². The van der Waals surface area contributed by atoms with Gasteiger partial charge in [-0.2, -0.15) is 0 Å². The average Bonchev–Trinajstić information content (AvgIpc) is 3.42. The first-order valence-corrected chi connectivity index (χ1v) is 11.3. The van der Waals surface area contributed by atoms with Crippen molar-refractivity contribution in [1.82, 2.24) is 14.4 Å². The van der Waals surface area contributed by atoms with Gasteiger partial charge in [-0.15, -0.1) is 0 Å². The highest BCUT2D eigenvalue weighted by Crippen LogP contribution is 2.27. The van der Waals surface area contributed by atoms with Gasteiger partial charge in [0, 0.05) is 57.4 Å². The number of aromatic nitrogens is 1. The predicted octanol–water partition coefficient (Wildman–Crippen LogP) is 3.05. The number of carbonyl (C=O) groups is 2. The molecule has 2 fully saturated rings. The van der Waals surface area contributed by atoms with Crippen LogP contribution < -0.4 is 10.7 Å². The minimum absolute atomic E-state index is 0.0291. The number of carbonyl (C=O) groups excluding carboxylic acids is 2. The SMILES string of the molecule is O=C1CCN(CCn2c(=O)oc3ccccc32)C(=O)N1CC1CCN(c2ccc(F)c(F)c2)C1. The molecular weight excluding hydrogens is 446 g/mol. The van der Waals surface area contributed by atoms with Gasteiger partial charge in [-0.05, 0) is 36.6 Å². The van der Waals surface area contributed by atoms with Gasteiger partial charge in [-0.3, -0.25) is 14.3 Å². The summed E-state index contributed by atoms with van der Waals surface area (Å²) in [5, 5.41) is 0. The lowest BCUT2D eigenvalue weighted by atomic mass is 10.1. The molecule has 178 valence electrons. The highest BCUT2D eigenvalue weighted by molar-refractivity contribution is 5.96. The maximum Gasteiger partial charge on any atom is 0.420 e. The van der Waals surface area contributed by atoms with E-state index in [-0.39, 0.29) is 43.9 Å². The Balaban J connectivity index is 1.22. The van der Waals surface area contributed by atoms with Crippen molar-refractivity contribution in [2.24, 2.45) is 5.92 Å². The number of imide groups is 1. The molecule has 5 rings (SSSR count). The summed E-state index contributed by atoms with van der Waals surface area (Å²) in [5.41, 5.74) is 1.73. The van der Waals surface area contributed by atoms with Crippen molar-refractivity contribution in [1.29, 1.82) is 0 Å². The minimum Gasteiger partial charge on any atom is -0.408 e. The van der Waals surface area contributed by atoms with Gasteiger partial charge in [-0.25, -0.2) is 18.4 Å². The van der Waals surface area contributed by atoms with E-state index in [4.69, 9.17) is 4.42 Å². The average molecular weight is 470 g/mol. The van der Waals surface area contributed by atoms with E-state index < -0.39 is 17.4 Å². The van der Waals surface area contributed by atoms with Gasteiger partial charge < -0.3 is 14.2 Å². The van der Waals surface area contributed by atoms with E-state index in [1.807, 2.05) is 11.0 Å². The van der Waals surface area contributed by atoms with Crippen LogP contribution in [0, 0.1) is 17.6 Å². The normalized spacial score (nSPS) is 19.0. The molecule has 0 aliphatic carbocycles. The van der Waals surface area contributed by atoms with Crippen molar-refractivity contribution >= 4 is 28.7 Å². The zero-order valence-corrected chi connectivity index (χ0v) is 18.5. The van der Waals surface area contributed by atoms with E-state index in [0.717, 1.165) is 18.6 Å². The van der Waals surface area contributed by atoms with Crippen molar-refractivity contribution in [2.45, 2.75) is 19.4 Å². The highest BCUT2D eigenvalue weighted by atomic mass is 19.2. The molecule has 34 heavy (non-hydrogen) atoms. The molecule has 1 atom stereocenters. The van der Waals surface area contributed by atoms with Gasteiger partial charge >= 0.3 is 11.8 Å². The molecule has 2 aliphatic rings. The molecule has 2 saturated heterocycles. The Hall–Kier alpha value is -3.69. The van der Waals surface area contributed by atoms with Crippen molar-refractivity contribution in [2.75, 3.05) is 37.6 Å². The van der Waals surface area contributed by atoms with Crippen LogP contribution in [-0.4, -0.2) is 59.0 Å². The number of urea groups is 1. The van der Waals surface area contributed by atoms with Crippen molar-refractivity contribution in [3.05, 3.63) is 64.6 Å². The van der Waals surface area contributed by atoms with E-state index in [9.17, 15) is 23.2 Å². The molecule has 0 radical (unpaired) electrons. The monoisotopic (exact) mass is 470 g/mol. The van der Waals surface area contributed by atoms with Gasteiger partial charge in [-0.1, -0.05) is 12.1 Å². The summed E-state index contributed by atoms with van der Waals surface area (Å²) >= 11 is 0. The standard InChI is InChI=1S/C24H24F2N4O4/c25-18-6-5-17(13-19(18)26)28-9-7-16(14-28)15-30-22(31)8-10-27(23(30)32)11-12-29-20-3-1-2-4-21(20)34-24(29)33/h1-6,13,16H,7-12,14-15H2. The Morgan fingerprint density at radius 2 is 1.79 bits per heavy atom. The van der Waals surface area contributed by atoms with Crippen LogP contribution in [0.2, 0.25) is 0 Å². The van der Waals surface area contributed by atoms with E-state index in [1.165, 1.54) is 15.5 Å². The van der Waals surface area contributed by atoms with Gasteiger partial charge in [0.05, 0.1) is 5.52 Å². The first kappa shape index (κ1) is 22.1. The van der Waals surface area contributed by atoms with Crippen LogP contribution in [0.4, 0.5) is 19.3 Å². The Morgan fingerprint density at radius 1 is 0.971 bits per heavy atom. The molecule has 0 spiro atoms. The van der Waals surface area contributed by atoms with Crippen LogP contribution in [-0.2, 0) is 11.3 Å². The molecule has 10 heteroatoms. The van der Waals surface area contributed by atoms with Crippen LogP contribution in [0.1, 0.15) is 12.8 Å². The second-order valence-corrected chi connectivity index (χ2v) is 8.71. The Bertz CT molecular complexity index is 1300. The first-order chi connectivity index (χ1) is 16.4. The van der Waals surface area contributed by atoms with Crippen LogP contribution in [0.25, 0.3) is 11.1 Å². The molecule has 8 nitrogen and oxygen atoms in total. The summed E-state index contributed by atoms with van der Waals surface area (Å²) in [7, 11) is 0. The molecule has 2 aromatic carbocycles. The third-order valence-electron chi connectivity index (χ3n) is 6.56. The zero-order chi connectivity index (χ0) is 23.8. The van der Waals surface area contributed by atoms with Gasteiger partial charge in [0.25, 0.3) is 0 Å². The largest absolute Gasteiger partial charge is 0.420 e. The number of anilines is 1. The number of nitrogens with zero attached hydrogens (tertiary/aromatic N) is 4. The summed E-state index contributed by atoms with van der Waals surface area (Å²) in [6, 6.07) is 10.5. The molecule has 2 aliphatic heterocycles. The van der Waals surface area contributed by atoms with E-state index >= 15 is 0 Å². The number of oxazole rings is 1. The van der Waals surface area contributed by atoms with Crippen LogP contribution in [0.5, 0.6) is 0 Å². The summed E-state index contributed by atoms with van der Waals surface area (Å²) in [6.07, 6.45) is 0.943. The lowest BCUT2D eigenvalue weighted by Gasteiger charge is -2.35. The molecule has 1 aromatic heterocycles. The van der Waals surface area contributed by atoms with Crippen molar-refractivity contribution < 1.29 is 22.8 Å². The Labute approximate surface area is 193 Å². The predicted molar refractivity (Wildman–Crippen MR) is 120 cm³/mol. The smallest absolute Gasteiger partial charge is 0.408 e. The molecule has 3 amide bonds. The maximum absolute atomic E-state index is 13.6. The number of rotatable bonds is 6. The van der Waals surface area contributed by atoms with Gasteiger partial charge in [0.2, 0.25) is 5.91 Å². The van der Waals surface area contributed by atoms with E-state index in [2.05, 4.69) is 0 Å². The summed E-state index contributed by atoms with van der Waals surface area (Å²) in [5.74, 6) is -2.47.